The van der Waals surface area contributed by atoms with Crippen LogP contribution in [0.4, 0.5) is 0 Å². The van der Waals surface area contributed by atoms with Crippen molar-refractivity contribution in [1.82, 2.24) is 4.90 Å². The smallest absolute Gasteiger partial charge is 0.229 e. The SMILES string of the molecule is CCC1(C(=O)N2CCOCC2CCl)CCCC1. The zero-order chi connectivity index (χ0) is 12.3. The first-order valence-corrected chi connectivity index (χ1v) is 7.22. The number of rotatable bonds is 3. The van der Waals surface area contributed by atoms with Crippen molar-refractivity contribution in [2.24, 2.45) is 5.41 Å². The summed E-state index contributed by atoms with van der Waals surface area (Å²) in [7, 11) is 0. The highest BCUT2D eigenvalue weighted by atomic mass is 35.5. The Hall–Kier alpha value is -0.280. The lowest BCUT2D eigenvalue weighted by atomic mass is 9.81. The van der Waals surface area contributed by atoms with Crippen LogP contribution in [0.5, 0.6) is 0 Å². The Morgan fingerprint density at radius 2 is 2.18 bits per heavy atom. The Balaban J connectivity index is 2.11. The van der Waals surface area contributed by atoms with E-state index < -0.39 is 0 Å². The third-order valence-electron chi connectivity index (χ3n) is 4.36. The van der Waals surface area contributed by atoms with Crippen LogP contribution in [0.25, 0.3) is 0 Å². The van der Waals surface area contributed by atoms with Crippen molar-refractivity contribution in [2.75, 3.05) is 25.6 Å². The van der Waals surface area contributed by atoms with Crippen molar-refractivity contribution < 1.29 is 9.53 Å². The molecule has 1 heterocycles. The molecule has 0 radical (unpaired) electrons. The summed E-state index contributed by atoms with van der Waals surface area (Å²) in [6, 6.07) is 0.0712. The molecule has 1 atom stereocenters. The molecule has 1 unspecified atom stereocenters. The molecule has 0 spiro atoms. The molecule has 98 valence electrons. The fraction of sp³-hybridized carbons (Fsp3) is 0.923. The molecular weight excluding hydrogens is 238 g/mol. The average molecular weight is 260 g/mol. The quantitative estimate of drug-likeness (QED) is 0.729. The number of ether oxygens (including phenoxy) is 1. The Bertz CT molecular complexity index is 277. The van der Waals surface area contributed by atoms with Gasteiger partial charge >= 0.3 is 0 Å². The fourth-order valence-electron chi connectivity index (χ4n) is 3.13. The summed E-state index contributed by atoms with van der Waals surface area (Å²) >= 11 is 5.94. The summed E-state index contributed by atoms with van der Waals surface area (Å²) in [5.74, 6) is 0.803. The second kappa shape index (κ2) is 5.57. The average Bonchev–Trinajstić information content (AvgIpc) is 2.88. The number of halogens is 1. The zero-order valence-corrected chi connectivity index (χ0v) is 11.3. The van der Waals surface area contributed by atoms with Crippen LogP contribution in [-0.2, 0) is 9.53 Å². The molecule has 1 aliphatic carbocycles. The lowest BCUT2D eigenvalue weighted by Crippen LogP contribution is -2.54. The molecule has 0 aromatic heterocycles. The van der Waals surface area contributed by atoms with Gasteiger partial charge in [0.25, 0.3) is 0 Å². The summed E-state index contributed by atoms with van der Waals surface area (Å²) in [6.45, 7) is 4.09. The first-order chi connectivity index (χ1) is 8.23. The Morgan fingerprint density at radius 3 is 2.76 bits per heavy atom. The van der Waals surface area contributed by atoms with Gasteiger partial charge in [-0.1, -0.05) is 19.8 Å². The van der Waals surface area contributed by atoms with E-state index in [1.165, 1.54) is 12.8 Å². The van der Waals surface area contributed by atoms with Crippen LogP contribution in [0, 0.1) is 5.41 Å². The lowest BCUT2D eigenvalue weighted by Gasteiger charge is -2.40. The predicted molar refractivity (Wildman–Crippen MR) is 68.2 cm³/mol. The highest BCUT2D eigenvalue weighted by Gasteiger charge is 2.43. The monoisotopic (exact) mass is 259 g/mol. The number of carbonyl (C=O) groups is 1. The number of hydrogen-bond donors (Lipinski definition) is 0. The van der Waals surface area contributed by atoms with Gasteiger partial charge in [0.05, 0.1) is 19.3 Å². The first-order valence-electron chi connectivity index (χ1n) is 6.68. The van der Waals surface area contributed by atoms with Gasteiger partial charge in [-0.2, -0.15) is 0 Å². The maximum atomic E-state index is 12.7. The summed E-state index contributed by atoms with van der Waals surface area (Å²) < 4.78 is 5.40. The van der Waals surface area contributed by atoms with Crippen molar-refractivity contribution in [3.8, 4) is 0 Å². The van der Waals surface area contributed by atoms with E-state index in [0.717, 1.165) is 19.3 Å². The van der Waals surface area contributed by atoms with Crippen LogP contribution < -0.4 is 0 Å². The number of hydrogen-bond acceptors (Lipinski definition) is 2. The maximum Gasteiger partial charge on any atom is 0.229 e. The molecule has 1 saturated carbocycles. The van der Waals surface area contributed by atoms with Crippen LogP contribution >= 0.6 is 11.6 Å². The number of morpholine rings is 1. The normalized spacial score (nSPS) is 28.4. The Kier molecular flexibility index (Phi) is 4.31. The van der Waals surface area contributed by atoms with Crippen molar-refractivity contribution >= 4 is 17.5 Å². The first kappa shape index (κ1) is 13.2. The zero-order valence-electron chi connectivity index (χ0n) is 10.6. The number of amides is 1. The van der Waals surface area contributed by atoms with E-state index >= 15 is 0 Å². The standard InChI is InChI=1S/C13H22ClNO2/c1-2-13(5-3-4-6-13)12(16)15-7-8-17-10-11(15)9-14/h11H,2-10H2,1H3. The highest BCUT2D eigenvalue weighted by Crippen LogP contribution is 2.43. The van der Waals surface area contributed by atoms with Crippen molar-refractivity contribution in [1.29, 1.82) is 0 Å². The molecule has 4 heteroatoms. The summed E-state index contributed by atoms with van der Waals surface area (Å²) in [5.41, 5.74) is -0.0956. The Labute approximate surface area is 108 Å². The van der Waals surface area contributed by atoms with Gasteiger partial charge in [0, 0.05) is 17.8 Å². The molecular formula is C13H22ClNO2. The molecule has 1 amide bonds. The maximum absolute atomic E-state index is 12.7. The molecule has 1 aliphatic heterocycles. The van der Waals surface area contributed by atoms with Gasteiger partial charge in [-0.15, -0.1) is 11.6 Å². The Morgan fingerprint density at radius 1 is 1.47 bits per heavy atom. The van der Waals surface area contributed by atoms with E-state index in [4.69, 9.17) is 16.3 Å². The van der Waals surface area contributed by atoms with Gasteiger partial charge in [-0.3, -0.25) is 4.79 Å². The minimum Gasteiger partial charge on any atom is -0.377 e. The third kappa shape index (κ3) is 2.45. The summed E-state index contributed by atoms with van der Waals surface area (Å²) in [5, 5.41) is 0. The van der Waals surface area contributed by atoms with Crippen LogP contribution in [0.2, 0.25) is 0 Å². The molecule has 1 saturated heterocycles. The van der Waals surface area contributed by atoms with Crippen molar-refractivity contribution in [3.63, 3.8) is 0 Å². The van der Waals surface area contributed by atoms with E-state index in [2.05, 4.69) is 6.92 Å². The van der Waals surface area contributed by atoms with E-state index in [9.17, 15) is 4.79 Å². The molecule has 0 aromatic rings. The predicted octanol–water partition coefficient (Wildman–Crippen LogP) is 2.42. The molecule has 0 N–H and O–H groups in total. The molecule has 0 bridgehead atoms. The molecule has 0 aromatic carbocycles. The summed E-state index contributed by atoms with van der Waals surface area (Å²) in [6.07, 6.45) is 5.44. The fourth-order valence-corrected chi connectivity index (χ4v) is 3.38. The molecule has 2 aliphatic rings. The molecule has 17 heavy (non-hydrogen) atoms. The van der Waals surface area contributed by atoms with E-state index in [1.807, 2.05) is 4.90 Å². The van der Waals surface area contributed by atoms with Gasteiger partial charge in [-0.05, 0) is 19.3 Å². The lowest BCUT2D eigenvalue weighted by molar-refractivity contribution is -0.150. The minimum absolute atomic E-state index is 0.0712. The number of nitrogens with zero attached hydrogens (tertiary/aromatic N) is 1. The van der Waals surface area contributed by atoms with Crippen LogP contribution in [0.15, 0.2) is 0 Å². The van der Waals surface area contributed by atoms with E-state index in [0.29, 0.717) is 31.5 Å². The molecule has 2 rings (SSSR count). The topological polar surface area (TPSA) is 29.5 Å². The second-order valence-corrected chi connectivity index (χ2v) is 5.53. The van der Waals surface area contributed by atoms with Gasteiger partial charge in [-0.25, -0.2) is 0 Å². The second-order valence-electron chi connectivity index (χ2n) is 5.22. The van der Waals surface area contributed by atoms with Crippen LogP contribution in [-0.4, -0.2) is 42.5 Å². The highest BCUT2D eigenvalue weighted by molar-refractivity contribution is 6.18. The number of carbonyl (C=O) groups excluding carboxylic acids is 1. The molecule has 3 nitrogen and oxygen atoms in total. The van der Waals surface area contributed by atoms with Gasteiger partial charge in [0.1, 0.15) is 0 Å². The van der Waals surface area contributed by atoms with E-state index in [-0.39, 0.29) is 11.5 Å². The van der Waals surface area contributed by atoms with Gasteiger partial charge in [0.2, 0.25) is 5.91 Å². The largest absolute Gasteiger partial charge is 0.377 e. The van der Waals surface area contributed by atoms with Crippen LogP contribution in [0.1, 0.15) is 39.0 Å². The van der Waals surface area contributed by atoms with Gasteiger partial charge in [0.15, 0.2) is 0 Å². The van der Waals surface area contributed by atoms with E-state index in [1.54, 1.807) is 0 Å². The number of alkyl halides is 1. The van der Waals surface area contributed by atoms with Crippen LogP contribution in [0.3, 0.4) is 0 Å². The van der Waals surface area contributed by atoms with Crippen molar-refractivity contribution in [2.45, 2.75) is 45.1 Å². The van der Waals surface area contributed by atoms with Gasteiger partial charge < -0.3 is 9.64 Å². The summed E-state index contributed by atoms with van der Waals surface area (Å²) in [4.78, 5) is 14.7. The minimum atomic E-state index is -0.0956. The molecule has 2 fully saturated rings. The van der Waals surface area contributed by atoms with Crippen molar-refractivity contribution in [3.05, 3.63) is 0 Å². The third-order valence-corrected chi connectivity index (χ3v) is 4.71.